The Bertz CT molecular complexity index is 684. The molecule has 2 aromatic rings. The highest BCUT2D eigenvalue weighted by atomic mass is 79.9. The fourth-order valence-electron chi connectivity index (χ4n) is 1.33. The first-order chi connectivity index (χ1) is 9.32. The summed E-state index contributed by atoms with van der Waals surface area (Å²) in [6.07, 6.45) is 0. The van der Waals surface area contributed by atoms with Gasteiger partial charge < -0.3 is 4.74 Å². The molecule has 0 saturated heterocycles. The first kappa shape index (κ1) is 17.9. The van der Waals surface area contributed by atoms with E-state index in [-0.39, 0.29) is 0 Å². The van der Waals surface area contributed by atoms with Crippen molar-refractivity contribution in [2.45, 2.75) is 0 Å². The van der Waals surface area contributed by atoms with Crippen LogP contribution in [-0.4, -0.2) is 0 Å². The third-order valence-corrected chi connectivity index (χ3v) is 10.3. The van der Waals surface area contributed by atoms with E-state index in [4.69, 9.17) is 4.74 Å². The summed E-state index contributed by atoms with van der Waals surface area (Å²) in [5.41, 5.74) is 0. The molecule has 0 N–H and O–H groups in total. The van der Waals surface area contributed by atoms with Gasteiger partial charge in [-0.1, -0.05) is 0 Å². The van der Waals surface area contributed by atoms with Gasteiger partial charge >= 0.3 is 0 Å². The van der Waals surface area contributed by atoms with E-state index in [2.05, 4.69) is 112 Å². The molecule has 0 radical (unpaired) electrons. The van der Waals surface area contributed by atoms with E-state index in [1.807, 2.05) is 18.2 Å². The lowest BCUT2D eigenvalue weighted by Crippen LogP contribution is -1.90. The van der Waals surface area contributed by atoms with Crippen molar-refractivity contribution in [1.29, 1.82) is 0 Å². The molecule has 0 bridgehead atoms. The van der Waals surface area contributed by atoms with E-state index in [0.717, 1.165) is 31.3 Å². The Balaban J connectivity index is 2.48. The predicted molar refractivity (Wildman–Crippen MR) is 107 cm³/mol. The van der Waals surface area contributed by atoms with Gasteiger partial charge in [-0.15, -0.1) is 0 Å². The molecule has 0 aliphatic carbocycles. The number of halogens is 7. The summed E-state index contributed by atoms with van der Waals surface area (Å²) in [7, 11) is 0. The Morgan fingerprint density at radius 2 is 1.10 bits per heavy atom. The standard InChI is InChI=1S/C12H3Br7O/c13-4-1-2-6(10(17)8(4)15)20-7-3-5(14)9(16)12(19)11(7)18/h1-3H. The van der Waals surface area contributed by atoms with Crippen LogP contribution in [0.5, 0.6) is 11.5 Å². The summed E-state index contributed by atoms with van der Waals surface area (Å²) < 4.78 is 12.2. The molecule has 106 valence electrons. The summed E-state index contributed by atoms with van der Waals surface area (Å²) in [6.45, 7) is 0. The molecule has 2 aromatic carbocycles. The van der Waals surface area contributed by atoms with E-state index < -0.39 is 0 Å². The highest BCUT2D eigenvalue weighted by molar-refractivity contribution is 9.15. The van der Waals surface area contributed by atoms with Gasteiger partial charge in [-0.25, -0.2) is 0 Å². The molecule has 0 aliphatic heterocycles. The van der Waals surface area contributed by atoms with Gasteiger partial charge in [0.05, 0.1) is 13.4 Å². The zero-order valence-electron chi connectivity index (χ0n) is 9.29. The number of rotatable bonds is 2. The molecule has 0 atom stereocenters. The molecule has 0 aromatic heterocycles. The predicted octanol–water partition coefficient (Wildman–Crippen LogP) is 8.82. The summed E-state index contributed by atoms with van der Waals surface area (Å²) in [5, 5.41) is 0. The molecule has 0 spiro atoms. The van der Waals surface area contributed by atoms with Crippen LogP contribution in [0.1, 0.15) is 0 Å². The minimum Gasteiger partial charge on any atom is -0.455 e. The third kappa shape index (κ3) is 3.74. The summed E-state index contributed by atoms with van der Waals surface area (Å²) >= 11 is 24.4. The van der Waals surface area contributed by atoms with Gasteiger partial charge in [0.25, 0.3) is 0 Å². The van der Waals surface area contributed by atoms with Crippen LogP contribution >= 0.6 is 112 Å². The minimum absolute atomic E-state index is 0.696. The van der Waals surface area contributed by atoms with E-state index in [0.29, 0.717) is 11.5 Å². The third-order valence-electron chi connectivity index (χ3n) is 2.29. The van der Waals surface area contributed by atoms with Crippen molar-refractivity contribution in [3.63, 3.8) is 0 Å². The van der Waals surface area contributed by atoms with Crippen molar-refractivity contribution in [3.05, 3.63) is 49.5 Å². The average Bonchev–Trinajstić information content (AvgIpc) is 2.42. The van der Waals surface area contributed by atoms with Gasteiger partial charge in [0.15, 0.2) is 0 Å². The Kier molecular flexibility index (Phi) is 6.68. The van der Waals surface area contributed by atoms with Crippen LogP contribution in [0.15, 0.2) is 49.5 Å². The average molecular weight is 722 g/mol. The maximum Gasteiger partial charge on any atom is 0.144 e. The lowest BCUT2D eigenvalue weighted by Gasteiger charge is -2.13. The van der Waals surface area contributed by atoms with E-state index >= 15 is 0 Å². The Hall–Kier alpha value is 1.60. The van der Waals surface area contributed by atoms with E-state index in [1.165, 1.54) is 0 Å². The van der Waals surface area contributed by atoms with Gasteiger partial charge in [-0.3, -0.25) is 0 Å². The Morgan fingerprint density at radius 3 is 1.75 bits per heavy atom. The van der Waals surface area contributed by atoms with Crippen molar-refractivity contribution in [2.24, 2.45) is 0 Å². The van der Waals surface area contributed by atoms with Gasteiger partial charge in [0.2, 0.25) is 0 Å². The Morgan fingerprint density at radius 1 is 0.550 bits per heavy atom. The second-order valence-corrected chi connectivity index (χ2v) is 9.25. The molecule has 2 rings (SSSR count). The lowest BCUT2D eigenvalue weighted by atomic mass is 10.3. The lowest BCUT2D eigenvalue weighted by molar-refractivity contribution is 0.475. The van der Waals surface area contributed by atoms with Crippen LogP contribution in [0.25, 0.3) is 0 Å². The van der Waals surface area contributed by atoms with Crippen LogP contribution in [0.4, 0.5) is 0 Å². The quantitative estimate of drug-likeness (QED) is 0.223. The fourth-order valence-corrected chi connectivity index (χ4v) is 4.74. The molecule has 0 saturated carbocycles. The summed E-state index contributed by atoms with van der Waals surface area (Å²) in [6, 6.07) is 5.69. The van der Waals surface area contributed by atoms with Crippen LogP contribution in [-0.2, 0) is 0 Å². The minimum atomic E-state index is 0.696. The molecule has 0 aliphatic rings. The maximum atomic E-state index is 5.97. The zero-order chi connectivity index (χ0) is 15.0. The Labute approximate surface area is 175 Å². The molecule has 20 heavy (non-hydrogen) atoms. The van der Waals surface area contributed by atoms with Gasteiger partial charge in [0.1, 0.15) is 11.5 Å². The largest absolute Gasteiger partial charge is 0.455 e. The van der Waals surface area contributed by atoms with Gasteiger partial charge in [-0.05, 0) is 130 Å². The fraction of sp³-hybridized carbons (Fsp3) is 0. The molecular weight excluding hydrogens is 719 g/mol. The monoisotopic (exact) mass is 715 g/mol. The van der Waals surface area contributed by atoms with Crippen LogP contribution < -0.4 is 4.74 Å². The molecule has 0 unspecified atom stereocenters. The van der Waals surface area contributed by atoms with Crippen molar-refractivity contribution >= 4 is 112 Å². The topological polar surface area (TPSA) is 9.23 Å². The second kappa shape index (κ2) is 7.45. The van der Waals surface area contributed by atoms with Crippen molar-refractivity contribution in [1.82, 2.24) is 0 Å². The van der Waals surface area contributed by atoms with Crippen molar-refractivity contribution < 1.29 is 4.74 Å². The number of hydrogen-bond donors (Lipinski definition) is 0. The van der Waals surface area contributed by atoms with Crippen LogP contribution in [0.2, 0.25) is 0 Å². The summed E-state index contributed by atoms with van der Waals surface area (Å²) in [4.78, 5) is 0. The molecule has 0 heterocycles. The highest BCUT2D eigenvalue weighted by Crippen LogP contribution is 2.46. The second-order valence-electron chi connectivity index (χ2n) is 3.57. The normalized spacial score (nSPS) is 10.8. The number of hydrogen-bond acceptors (Lipinski definition) is 1. The van der Waals surface area contributed by atoms with Crippen molar-refractivity contribution in [2.75, 3.05) is 0 Å². The van der Waals surface area contributed by atoms with E-state index in [9.17, 15) is 0 Å². The van der Waals surface area contributed by atoms with Gasteiger partial charge in [-0.2, -0.15) is 0 Å². The summed E-state index contributed by atoms with van der Waals surface area (Å²) in [5.74, 6) is 1.41. The molecule has 0 amide bonds. The number of benzene rings is 2. The maximum absolute atomic E-state index is 5.97. The SMILES string of the molecule is Brc1ccc(Oc2cc(Br)c(Br)c(Br)c2Br)c(Br)c1Br. The van der Waals surface area contributed by atoms with Crippen LogP contribution in [0.3, 0.4) is 0 Å². The molecule has 0 fully saturated rings. The first-order valence-corrected chi connectivity index (χ1v) is 10.5. The van der Waals surface area contributed by atoms with E-state index in [1.54, 1.807) is 0 Å². The first-order valence-electron chi connectivity index (χ1n) is 4.97. The molecule has 1 nitrogen and oxygen atoms in total. The highest BCUT2D eigenvalue weighted by Gasteiger charge is 2.16. The van der Waals surface area contributed by atoms with Crippen molar-refractivity contribution in [3.8, 4) is 11.5 Å². The number of ether oxygens (including phenoxy) is 1. The zero-order valence-corrected chi connectivity index (χ0v) is 20.4. The van der Waals surface area contributed by atoms with Crippen LogP contribution in [0, 0.1) is 0 Å². The molecule has 8 heteroatoms. The molecular formula is C12H3Br7O. The van der Waals surface area contributed by atoms with Gasteiger partial charge in [0, 0.05) is 17.9 Å². The smallest absolute Gasteiger partial charge is 0.144 e.